The van der Waals surface area contributed by atoms with Gasteiger partial charge in [-0.25, -0.2) is 0 Å². The predicted octanol–water partition coefficient (Wildman–Crippen LogP) is 3.62. The van der Waals surface area contributed by atoms with Crippen LogP contribution in [0.1, 0.15) is 50.9 Å². The lowest BCUT2D eigenvalue weighted by molar-refractivity contribution is 0.570. The number of nitrogens with one attached hydrogen (secondary N) is 1. The van der Waals surface area contributed by atoms with Gasteiger partial charge in [0.2, 0.25) is 0 Å². The SMILES string of the molecule is CCCCCC(C)Nn1c(C)ccc1C. The Bertz CT molecular complexity index is 269. The van der Waals surface area contributed by atoms with Crippen LogP contribution in [0, 0.1) is 13.8 Å². The zero-order valence-electron chi connectivity index (χ0n) is 10.5. The highest BCUT2D eigenvalue weighted by Crippen LogP contribution is 2.08. The molecule has 0 aliphatic heterocycles. The Morgan fingerprint density at radius 1 is 1.20 bits per heavy atom. The van der Waals surface area contributed by atoms with Gasteiger partial charge in [-0.3, -0.25) is 4.68 Å². The highest BCUT2D eigenvalue weighted by molar-refractivity contribution is 5.15. The molecule has 0 radical (unpaired) electrons. The molecule has 2 nitrogen and oxygen atoms in total. The molecule has 0 aromatic carbocycles. The highest BCUT2D eigenvalue weighted by atomic mass is 15.4. The van der Waals surface area contributed by atoms with Crippen molar-refractivity contribution in [3.63, 3.8) is 0 Å². The minimum atomic E-state index is 0.557. The molecule has 0 aliphatic carbocycles. The van der Waals surface area contributed by atoms with Crippen molar-refractivity contribution in [1.82, 2.24) is 4.68 Å². The van der Waals surface area contributed by atoms with Crippen LogP contribution in [0.25, 0.3) is 0 Å². The predicted molar refractivity (Wildman–Crippen MR) is 66.9 cm³/mol. The van der Waals surface area contributed by atoms with E-state index in [-0.39, 0.29) is 0 Å². The number of unbranched alkanes of at least 4 members (excludes halogenated alkanes) is 2. The second-order valence-corrected chi connectivity index (χ2v) is 4.48. The molecule has 0 spiro atoms. The number of aromatic nitrogens is 1. The van der Waals surface area contributed by atoms with Gasteiger partial charge in [0.05, 0.1) is 0 Å². The molecular formula is C13H24N2. The summed E-state index contributed by atoms with van der Waals surface area (Å²) in [5.41, 5.74) is 6.11. The Morgan fingerprint density at radius 3 is 2.33 bits per heavy atom. The van der Waals surface area contributed by atoms with E-state index in [1.165, 1.54) is 37.1 Å². The molecule has 1 rings (SSSR count). The fourth-order valence-corrected chi connectivity index (χ4v) is 1.86. The van der Waals surface area contributed by atoms with Gasteiger partial charge in [0.15, 0.2) is 0 Å². The average molecular weight is 208 g/mol. The molecule has 0 aliphatic rings. The molecule has 2 heteroatoms. The second-order valence-electron chi connectivity index (χ2n) is 4.48. The van der Waals surface area contributed by atoms with Crippen LogP contribution < -0.4 is 5.43 Å². The Morgan fingerprint density at radius 2 is 1.80 bits per heavy atom. The molecule has 1 unspecified atom stereocenters. The molecule has 0 fully saturated rings. The van der Waals surface area contributed by atoms with E-state index in [0.717, 1.165) is 0 Å². The van der Waals surface area contributed by atoms with Gasteiger partial charge in [-0.05, 0) is 39.3 Å². The van der Waals surface area contributed by atoms with Gasteiger partial charge in [0.1, 0.15) is 0 Å². The lowest BCUT2D eigenvalue weighted by Gasteiger charge is -2.19. The number of rotatable bonds is 6. The first-order valence-electron chi connectivity index (χ1n) is 6.06. The number of nitrogens with zero attached hydrogens (tertiary/aromatic N) is 1. The lowest BCUT2D eigenvalue weighted by atomic mass is 10.1. The van der Waals surface area contributed by atoms with E-state index in [9.17, 15) is 0 Å². The first-order valence-corrected chi connectivity index (χ1v) is 6.06. The van der Waals surface area contributed by atoms with Crippen molar-refractivity contribution in [3.05, 3.63) is 23.5 Å². The first-order chi connectivity index (χ1) is 7.15. The summed E-state index contributed by atoms with van der Waals surface area (Å²) in [5.74, 6) is 0. The summed E-state index contributed by atoms with van der Waals surface area (Å²) in [5, 5.41) is 0. The third-order valence-electron chi connectivity index (χ3n) is 2.86. The van der Waals surface area contributed by atoms with Crippen LogP contribution >= 0.6 is 0 Å². The molecule has 0 saturated heterocycles. The molecule has 86 valence electrons. The number of aryl methyl sites for hydroxylation is 2. The largest absolute Gasteiger partial charge is 0.323 e. The van der Waals surface area contributed by atoms with Crippen LogP contribution in [0.3, 0.4) is 0 Å². The zero-order chi connectivity index (χ0) is 11.3. The minimum absolute atomic E-state index is 0.557. The third kappa shape index (κ3) is 3.61. The molecule has 15 heavy (non-hydrogen) atoms. The summed E-state index contributed by atoms with van der Waals surface area (Å²) in [4.78, 5) is 0. The maximum atomic E-state index is 3.53. The van der Waals surface area contributed by atoms with Gasteiger partial charge in [-0.1, -0.05) is 26.2 Å². The Labute approximate surface area is 93.7 Å². The van der Waals surface area contributed by atoms with E-state index in [1.807, 2.05) is 0 Å². The van der Waals surface area contributed by atoms with Crippen molar-refractivity contribution in [2.75, 3.05) is 5.43 Å². The summed E-state index contributed by atoms with van der Waals surface area (Å²) >= 11 is 0. The molecular weight excluding hydrogens is 184 g/mol. The Hall–Kier alpha value is -0.920. The fraction of sp³-hybridized carbons (Fsp3) is 0.692. The molecule has 1 aromatic rings. The topological polar surface area (TPSA) is 17.0 Å². The van der Waals surface area contributed by atoms with Gasteiger partial charge in [0, 0.05) is 17.4 Å². The van der Waals surface area contributed by atoms with Crippen molar-refractivity contribution < 1.29 is 0 Å². The molecule has 0 bridgehead atoms. The monoisotopic (exact) mass is 208 g/mol. The maximum absolute atomic E-state index is 3.53. The van der Waals surface area contributed by atoms with Gasteiger partial charge in [-0.2, -0.15) is 0 Å². The first kappa shape index (κ1) is 12.2. The summed E-state index contributed by atoms with van der Waals surface area (Å²) in [7, 11) is 0. The van der Waals surface area contributed by atoms with E-state index in [1.54, 1.807) is 0 Å². The standard InChI is InChI=1S/C13H24N2/c1-5-6-7-8-11(2)14-15-12(3)9-10-13(15)4/h9-11,14H,5-8H2,1-4H3. The summed E-state index contributed by atoms with van der Waals surface area (Å²) in [6.45, 7) is 8.78. The zero-order valence-corrected chi connectivity index (χ0v) is 10.5. The summed E-state index contributed by atoms with van der Waals surface area (Å²) < 4.78 is 2.19. The molecule has 1 aromatic heterocycles. The lowest BCUT2D eigenvalue weighted by Crippen LogP contribution is -2.26. The van der Waals surface area contributed by atoms with Crippen LogP contribution in [-0.4, -0.2) is 10.7 Å². The summed E-state index contributed by atoms with van der Waals surface area (Å²) in [6, 6.07) is 4.86. The molecule has 1 N–H and O–H groups in total. The smallest absolute Gasteiger partial charge is 0.0396 e. The Kier molecular flexibility index (Phi) is 4.73. The van der Waals surface area contributed by atoms with Crippen LogP contribution in [0.2, 0.25) is 0 Å². The van der Waals surface area contributed by atoms with Gasteiger partial charge < -0.3 is 5.43 Å². The van der Waals surface area contributed by atoms with Crippen LogP contribution in [-0.2, 0) is 0 Å². The van der Waals surface area contributed by atoms with Gasteiger partial charge in [-0.15, -0.1) is 0 Å². The van der Waals surface area contributed by atoms with E-state index in [4.69, 9.17) is 0 Å². The van der Waals surface area contributed by atoms with Crippen LogP contribution in [0.15, 0.2) is 12.1 Å². The van der Waals surface area contributed by atoms with Crippen molar-refractivity contribution >= 4 is 0 Å². The van der Waals surface area contributed by atoms with E-state index in [2.05, 4.69) is 49.9 Å². The molecule has 1 atom stereocenters. The van der Waals surface area contributed by atoms with Crippen molar-refractivity contribution in [3.8, 4) is 0 Å². The van der Waals surface area contributed by atoms with E-state index in [0.29, 0.717) is 6.04 Å². The molecule has 1 heterocycles. The minimum Gasteiger partial charge on any atom is -0.323 e. The number of hydrogen-bond acceptors (Lipinski definition) is 1. The molecule has 0 amide bonds. The van der Waals surface area contributed by atoms with Crippen LogP contribution in [0.4, 0.5) is 0 Å². The normalized spacial score (nSPS) is 12.8. The van der Waals surface area contributed by atoms with Crippen molar-refractivity contribution in [2.45, 2.75) is 59.4 Å². The van der Waals surface area contributed by atoms with Gasteiger partial charge >= 0.3 is 0 Å². The fourth-order valence-electron chi connectivity index (χ4n) is 1.86. The third-order valence-corrected chi connectivity index (χ3v) is 2.86. The molecule has 0 saturated carbocycles. The quantitative estimate of drug-likeness (QED) is 0.707. The second kappa shape index (κ2) is 5.84. The highest BCUT2D eigenvalue weighted by Gasteiger charge is 2.04. The van der Waals surface area contributed by atoms with Gasteiger partial charge in [0.25, 0.3) is 0 Å². The van der Waals surface area contributed by atoms with Crippen molar-refractivity contribution in [1.29, 1.82) is 0 Å². The van der Waals surface area contributed by atoms with E-state index < -0.39 is 0 Å². The van der Waals surface area contributed by atoms with Crippen LogP contribution in [0.5, 0.6) is 0 Å². The maximum Gasteiger partial charge on any atom is 0.0396 e. The Balaban J connectivity index is 2.40. The number of hydrogen-bond donors (Lipinski definition) is 1. The average Bonchev–Trinajstić information content (AvgIpc) is 2.50. The summed E-state index contributed by atoms with van der Waals surface area (Å²) in [6.07, 6.45) is 5.22. The van der Waals surface area contributed by atoms with E-state index >= 15 is 0 Å². The van der Waals surface area contributed by atoms with Crippen molar-refractivity contribution in [2.24, 2.45) is 0 Å².